The van der Waals surface area contributed by atoms with E-state index < -0.39 is 12.0 Å². The number of halogens is 2. The maximum atomic E-state index is 12.0. The summed E-state index contributed by atoms with van der Waals surface area (Å²) in [5, 5.41) is 13.5. The van der Waals surface area contributed by atoms with Crippen molar-refractivity contribution in [3.05, 3.63) is 57.0 Å². The molecular weight excluding hydrogens is 428 g/mol. The molecule has 0 aliphatic heterocycles. The molecule has 0 fully saturated rings. The summed E-state index contributed by atoms with van der Waals surface area (Å²) in [6.45, 7) is 1.63. The highest BCUT2D eigenvalue weighted by atomic mass is 79.9. The van der Waals surface area contributed by atoms with Crippen molar-refractivity contribution < 1.29 is 14.6 Å². The van der Waals surface area contributed by atoms with E-state index in [1.807, 2.05) is 18.2 Å². The van der Waals surface area contributed by atoms with E-state index in [1.54, 1.807) is 25.1 Å². The SMILES string of the molecule is CC(Oc1ccccc1Br)C(=O)N/N=C/c1cc(Br)ccc1O. The standard InChI is InChI=1S/C16H14Br2N2O3/c1-10(23-15-5-3-2-4-13(15)18)16(22)20-19-9-11-8-12(17)6-7-14(11)21/h2-10,21H,1H3,(H,20,22)/b19-9+. The third-order valence-corrected chi connectivity index (χ3v) is 4.03. The summed E-state index contributed by atoms with van der Waals surface area (Å²) in [5.74, 6) is 0.249. The number of nitrogens with one attached hydrogen (secondary N) is 1. The second-order valence-corrected chi connectivity index (χ2v) is 6.40. The molecule has 0 aliphatic rings. The summed E-state index contributed by atoms with van der Waals surface area (Å²) < 4.78 is 7.13. The number of hydrogen-bond acceptors (Lipinski definition) is 4. The van der Waals surface area contributed by atoms with Crippen LogP contribution in [0.1, 0.15) is 12.5 Å². The molecule has 0 radical (unpaired) electrons. The van der Waals surface area contributed by atoms with Crippen LogP contribution in [0.3, 0.4) is 0 Å². The summed E-state index contributed by atoms with van der Waals surface area (Å²) >= 11 is 6.65. The lowest BCUT2D eigenvalue weighted by Gasteiger charge is -2.13. The molecule has 1 atom stereocenters. The monoisotopic (exact) mass is 440 g/mol. The third kappa shape index (κ3) is 5.07. The van der Waals surface area contributed by atoms with Gasteiger partial charge in [0.25, 0.3) is 5.91 Å². The van der Waals surface area contributed by atoms with E-state index in [2.05, 4.69) is 42.4 Å². The van der Waals surface area contributed by atoms with Crippen LogP contribution in [-0.4, -0.2) is 23.3 Å². The number of aromatic hydroxyl groups is 1. The number of phenolic OH excluding ortho intramolecular Hbond substituents is 1. The van der Waals surface area contributed by atoms with Crippen molar-refractivity contribution in [2.75, 3.05) is 0 Å². The summed E-state index contributed by atoms with van der Waals surface area (Å²) in [6, 6.07) is 12.2. The largest absolute Gasteiger partial charge is 0.507 e. The fourth-order valence-corrected chi connectivity index (χ4v) is 2.43. The van der Waals surface area contributed by atoms with Gasteiger partial charge in [0, 0.05) is 10.0 Å². The van der Waals surface area contributed by atoms with Crippen LogP contribution in [0.2, 0.25) is 0 Å². The Morgan fingerprint density at radius 2 is 2.04 bits per heavy atom. The van der Waals surface area contributed by atoms with E-state index in [0.29, 0.717) is 11.3 Å². The fraction of sp³-hybridized carbons (Fsp3) is 0.125. The Hall–Kier alpha value is -1.86. The van der Waals surface area contributed by atoms with Crippen molar-refractivity contribution >= 4 is 44.0 Å². The predicted octanol–water partition coefficient (Wildman–Crippen LogP) is 3.83. The molecule has 0 aliphatic carbocycles. The van der Waals surface area contributed by atoms with Crippen molar-refractivity contribution in [3.8, 4) is 11.5 Å². The van der Waals surface area contributed by atoms with E-state index >= 15 is 0 Å². The Labute approximate surface area is 150 Å². The van der Waals surface area contributed by atoms with Crippen molar-refractivity contribution in [2.45, 2.75) is 13.0 Å². The van der Waals surface area contributed by atoms with E-state index in [4.69, 9.17) is 4.74 Å². The summed E-state index contributed by atoms with van der Waals surface area (Å²) in [6.07, 6.45) is 0.644. The van der Waals surface area contributed by atoms with Crippen LogP contribution in [0.15, 0.2) is 56.5 Å². The molecule has 0 saturated carbocycles. The smallest absolute Gasteiger partial charge is 0.280 e. The van der Waals surface area contributed by atoms with Gasteiger partial charge in [0.2, 0.25) is 0 Å². The molecule has 0 saturated heterocycles. The second kappa shape index (κ2) is 8.12. The van der Waals surface area contributed by atoms with Gasteiger partial charge >= 0.3 is 0 Å². The van der Waals surface area contributed by atoms with Gasteiger partial charge < -0.3 is 9.84 Å². The van der Waals surface area contributed by atoms with E-state index in [1.165, 1.54) is 12.3 Å². The van der Waals surface area contributed by atoms with Crippen LogP contribution in [0.5, 0.6) is 11.5 Å². The number of hydrogen-bond donors (Lipinski definition) is 2. The first-order valence-corrected chi connectivity index (χ1v) is 8.28. The van der Waals surface area contributed by atoms with Gasteiger partial charge in [-0.25, -0.2) is 5.43 Å². The summed E-state index contributed by atoms with van der Waals surface area (Å²) in [7, 11) is 0. The van der Waals surface area contributed by atoms with Gasteiger partial charge in [-0.3, -0.25) is 4.79 Å². The molecule has 1 amide bonds. The molecule has 0 spiro atoms. The van der Waals surface area contributed by atoms with E-state index in [0.717, 1.165) is 8.95 Å². The van der Waals surface area contributed by atoms with Crippen molar-refractivity contribution in [3.63, 3.8) is 0 Å². The number of carbonyl (C=O) groups excluding carboxylic acids is 1. The first-order valence-electron chi connectivity index (χ1n) is 6.70. The number of carbonyl (C=O) groups is 1. The van der Waals surface area contributed by atoms with Gasteiger partial charge in [-0.1, -0.05) is 28.1 Å². The average molecular weight is 442 g/mol. The van der Waals surface area contributed by atoms with Gasteiger partial charge in [-0.15, -0.1) is 0 Å². The molecule has 5 nitrogen and oxygen atoms in total. The minimum atomic E-state index is -0.720. The highest BCUT2D eigenvalue weighted by Crippen LogP contribution is 2.24. The highest BCUT2D eigenvalue weighted by Gasteiger charge is 2.15. The Bertz CT molecular complexity index is 735. The van der Waals surface area contributed by atoms with E-state index in [-0.39, 0.29) is 5.75 Å². The lowest BCUT2D eigenvalue weighted by Crippen LogP contribution is -2.33. The minimum absolute atomic E-state index is 0.0729. The highest BCUT2D eigenvalue weighted by molar-refractivity contribution is 9.10. The normalized spacial score (nSPS) is 12.1. The predicted molar refractivity (Wildman–Crippen MR) is 95.8 cm³/mol. The maximum absolute atomic E-state index is 12.0. The topological polar surface area (TPSA) is 70.9 Å². The number of rotatable bonds is 5. The Kier molecular flexibility index (Phi) is 6.18. The average Bonchev–Trinajstić information content (AvgIpc) is 2.52. The molecule has 0 heterocycles. The fourth-order valence-electron chi connectivity index (χ4n) is 1.67. The zero-order chi connectivity index (χ0) is 16.8. The summed E-state index contributed by atoms with van der Waals surface area (Å²) in [5.41, 5.74) is 2.87. The van der Waals surface area contributed by atoms with Crippen LogP contribution in [0.25, 0.3) is 0 Å². The molecule has 2 aromatic carbocycles. The lowest BCUT2D eigenvalue weighted by atomic mass is 10.2. The molecular formula is C16H14Br2N2O3. The Morgan fingerprint density at radius 3 is 2.78 bits per heavy atom. The maximum Gasteiger partial charge on any atom is 0.280 e. The molecule has 1 unspecified atom stereocenters. The first-order chi connectivity index (χ1) is 11.0. The lowest BCUT2D eigenvalue weighted by molar-refractivity contribution is -0.127. The van der Waals surface area contributed by atoms with Crippen molar-refractivity contribution in [2.24, 2.45) is 5.10 Å². The van der Waals surface area contributed by atoms with Crippen LogP contribution < -0.4 is 10.2 Å². The molecule has 2 aromatic rings. The molecule has 2 rings (SSSR count). The minimum Gasteiger partial charge on any atom is -0.507 e. The molecule has 7 heteroatoms. The Balaban J connectivity index is 1.95. The van der Waals surface area contributed by atoms with Gasteiger partial charge in [-0.05, 0) is 53.2 Å². The number of hydrazone groups is 1. The third-order valence-electron chi connectivity index (χ3n) is 2.88. The number of para-hydroxylation sites is 1. The van der Waals surface area contributed by atoms with Gasteiger partial charge in [-0.2, -0.15) is 5.10 Å². The molecule has 23 heavy (non-hydrogen) atoms. The Morgan fingerprint density at radius 1 is 1.30 bits per heavy atom. The second-order valence-electron chi connectivity index (χ2n) is 4.63. The van der Waals surface area contributed by atoms with Crippen LogP contribution in [0, 0.1) is 0 Å². The number of phenols is 1. The van der Waals surface area contributed by atoms with Crippen molar-refractivity contribution in [1.29, 1.82) is 0 Å². The van der Waals surface area contributed by atoms with Crippen LogP contribution in [-0.2, 0) is 4.79 Å². The van der Waals surface area contributed by atoms with Crippen molar-refractivity contribution in [1.82, 2.24) is 5.43 Å². The molecule has 0 aromatic heterocycles. The quantitative estimate of drug-likeness (QED) is 0.547. The number of nitrogens with zero attached hydrogens (tertiary/aromatic N) is 1. The number of ether oxygens (including phenoxy) is 1. The van der Waals surface area contributed by atoms with Gasteiger partial charge in [0.15, 0.2) is 6.10 Å². The zero-order valence-electron chi connectivity index (χ0n) is 12.2. The van der Waals surface area contributed by atoms with Gasteiger partial charge in [0.1, 0.15) is 11.5 Å². The van der Waals surface area contributed by atoms with Crippen LogP contribution >= 0.6 is 31.9 Å². The zero-order valence-corrected chi connectivity index (χ0v) is 15.3. The summed E-state index contributed by atoms with van der Waals surface area (Å²) in [4.78, 5) is 12.0. The molecule has 2 N–H and O–H groups in total. The first kappa shape index (κ1) is 17.5. The van der Waals surface area contributed by atoms with Gasteiger partial charge in [0.05, 0.1) is 10.7 Å². The van der Waals surface area contributed by atoms with E-state index in [9.17, 15) is 9.90 Å². The number of benzene rings is 2. The molecule has 0 bridgehead atoms. The van der Waals surface area contributed by atoms with Crippen LogP contribution in [0.4, 0.5) is 0 Å². The molecule has 120 valence electrons. The number of amides is 1.